The molecule has 0 aliphatic carbocycles. The third-order valence-corrected chi connectivity index (χ3v) is 4.34. The zero-order valence-corrected chi connectivity index (χ0v) is 16.4. The first kappa shape index (κ1) is 19.4. The molecule has 0 atom stereocenters. The fourth-order valence-electron chi connectivity index (χ4n) is 2.53. The van der Waals surface area contributed by atoms with Gasteiger partial charge in [0.15, 0.2) is 11.5 Å². The summed E-state index contributed by atoms with van der Waals surface area (Å²) in [5, 5.41) is 11.7. The Morgan fingerprint density at radius 3 is 2.46 bits per heavy atom. The van der Waals surface area contributed by atoms with Crippen LogP contribution in [0.15, 0.2) is 53.6 Å². The number of methoxy groups -OCH3 is 2. The van der Waals surface area contributed by atoms with Gasteiger partial charge in [0.2, 0.25) is 0 Å². The number of carbonyl (C=O) groups excluding carboxylic acids is 1. The molecule has 2 aromatic carbocycles. The molecule has 0 spiro atoms. The van der Waals surface area contributed by atoms with E-state index in [-0.39, 0.29) is 0 Å². The molecule has 0 radical (unpaired) electrons. The van der Waals surface area contributed by atoms with Gasteiger partial charge in [-0.05, 0) is 43.3 Å². The van der Waals surface area contributed by atoms with Crippen LogP contribution in [0.5, 0.6) is 11.5 Å². The maximum atomic E-state index is 12.3. The van der Waals surface area contributed by atoms with E-state index in [1.807, 2.05) is 18.2 Å². The molecule has 0 bridgehead atoms. The summed E-state index contributed by atoms with van der Waals surface area (Å²) in [4.78, 5) is 12.3. The van der Waals surface area contributed by atoms with Crippen molar-refractivity contribution in [1.82, 2.24) is 15.6 Å². The van der Waals surface area contributed by atoms with Crippen molar-refractivity contribution >= 4 is 23.2 Å². The summed E-state index contributed by atoms with van der Waals surface area (Å²) in [5.74, 6) is 0.810. The molecular weight excluding hydrogens is 380 g/mol. The minimum atomic E-state index is -0.396. The summed E-state index contributed by atoms with van der Waals surface area (Å²) in [7, 11) is 3.13. The first-order valence-corrected chi connectivity index (χ1v) is 8.78. The van der Waals surface area contributed by atoms with Crippen molar-refractivity contribution in [2.75, 3.05) is 14.2 Å². The van der Waals surface area contributed by atoms with Crippen molar-refractivity contribution in [3.8, 4) is 22.8 Å². The quantitative estimate of drug-likeness (QED) is 0.486. The number of hydrogen-bond donors (Lipinski definition) is 2. The molecule has 144 valence electrons. The maximum absolute atomic E-state index is 12.3. The van der Waals surface area contributed by atoms with Gasteiger partial charge in [-0.3, -0.25) is 9.89 Å². The second kappa shape index (κ2) is 8.58. The number of benzene rings is 2. The normalized spacial score (nSPS) is 11.2. The summed E-state index contributed by atoms with van der Waals surface area (Å²) >= 11 is 5.89. The van der Waals surface area contributed by atoms with Crippen LogP contribution in [0.2, 0.25) is 5.02 Å². The summed E-state index contributed by atoms with van der Waals surface area (Å²) in [6.45, 7) is 1.79. The predicted molar refractivity (Wildman–Crippen MR) is 108 cm³/mol. The fraction of sp³-hybridized carbons (Fsp3) is 0.150. The summed E-state index contributed by atoms with van der Waals surface area (Å²) in [5.41, 5.74) is 5.73. The number of rotatable bonds is 6. The molecule has 1 amide bonds. The number of ether oxygens (including phenoxy) is 2. The molecular formula is C20H19ClN4O3. The van der Waals surface area contributed by atoms with Crippen LogP contribution in [-0.4, -0.2) is 36.0 Å². The molecule has 0 fully saturated rings. The van der Waals surface area contributed by atoms with Crippen molar-refractivity contribution < 1.29 is 14.3 Å². The third kappa shape index (κ3) is 4.32. The van der Waals surface area contributed by atoms with E-state index in [4.69, 9.17) is 21.1 Å². The van der Waals surface area contributed by atoms with Crippen LogP contribution >= 0.6 is 11.6 Å². The Morgan fingerprint density at radius 1 is 1.07 bits per heavy atom. The van der Waals surface area contributed by atoms with Gasteiger partial charge < -0.3 is 9.47 Å². The standard InChI is InChI=1S/C20H19ClN4O3/c1-12(14-6-9-18(27-2)19(10-14)28-3)22-25-20(26)17-11-16(23-24-17)13-4-7-15(21)8-5-13/h4-11H,1-3H3,(H,23,24)(H,25,26)/b22-12+. The van der Waals surface area contributed by atoms with Crippen LogP contribution in [0, 0.1) is 0 Å². The number of aromatic amines is 1. The highest BCUT2D eigenvalue weighted by Gasteiger charge is 2.11. The van der Waals surface area contributed by atoms with Gasteiger partial charge in [0.25, 0.3) is 5.91 Å². The van der Waals surface area contributed by atoms with Gasteiger partial charge in [0.05, 0.1) is 25.6 Å². The second-order valence-electron chi connectivity index (χ2n) is 5.88. The van der Waals surface area contributed by atoms with Crippen LogP contribution in [-0.2, 0) is 0 Å². The zero-order valence-electron chi connectivity index (χ0n) is 15.6. The van der Waals surface area contributed by atoms with Gasteiger partial charge >= 0.3 is 0 Å². The highest BCUT2D eigenvalue weighted by Crippen LogP contribution is 2.27. The Hall–Kier alpha value is -3.32. The summed E-state index contributed by atoms with van der Waals surface area (Å²) in [6.07, 6.45) is 0. The number of hydrogen-bond acceptors (Lipinski definition) is 5. The second-order valence-corrected chi connectivity index (χ2v) is 6.32. The lowest BCUT2D eigenvalue weighted by molar-refractivity contribution is 0.0950. The van der Waals surface area contributed by atoms with E-state index in [1.54, 1.807) is 51.5 Å². The minimum absolute atomic E-state index is 0.300. The number of nitrogens with zero attached hydrogens (tertiary/aromatic N) is 2. The van der Waals surface area contributed by atoms with Gasteiger partial charge in [-0.25, -0.2) is 5.43 Å². The maximum Gasteiger partial charge on any atom is 0.289 e. The van der Waals surface area contributed by atoms with E-state index in [9.17, 15) is 4.79 Å². The highest BCUT2D eigenvalue weighted by molar-refractivity contribution is 6.30. The molecule has 3 aromatic rings. The Bertz CT molecular complexity index is 1010. The molecule has 0 aliphatic rings. The molecule has 3 rings (SSSR count). The van der Waals surface area contributed by atoms with E-state index in [1.165, 1.54) is 0 Å². The summed E-state index contributed by atoms with van der Waals surface area (Å²) in [6, 6.07) is 14.3. The van der Waals surface area contributed by atoms with Crippen molar-refractivity contribution in [3.63, 3.8) is 0 Å². The molecule has 0 saturated carbocycles. The molecule has 1 aromatic heterocycles. The lowest BCUT2D eigenvalue weighted by Gasteiger charge is -2.09. The Morgan fingerprint density at radius 2 is 1.79 bits per heavy atom. The van der Waals surface area contributed by atoms with E-state index >= 15 is 0 Å². The van der Waals surface area contributed by atoms with Gasteiger partial charge in [-0.15, -0.1) is 0 Å². The SMILES string of the molecule is COc1ccc(/C(C)=N/NC(=O)c2cc(-c3ccc(Cl)cc3)n[nH]2)cc1OC. The predicted octanol–water partition coefficient (Wildman–Crippen LogP) is 3.90. The molecule has 0 unspecified atom stereocenters. The first-order chi connectivity index (χ1) is 13.5. The Kier molecular flexibility index (Phi) is 5.96. The van der Waals surface area contributed by atoms with Crippen LogP contribution in [0.25, 0.3) is 11.3 Å². The van der Waals surface area contributed by atoms with Gasteiger partial charge in [0, 0.05) is 16.1 Å². The molecule has 7 nitrogen and oxygen atoms in total. The van der Waals surface area contributed by atoms with Crippen LogP contribution in [0.1, 0.15) is 23.0 Å². The molecule has 0 aliphatic heterocycles. The number of amides is 1. The first-order valence-electron chi connectivity index (χ1n) is 8.40. The smallest absolute Gasteiger partial charge is 0.289 e. The third-order valence-electron chi connectivity index (χ3n) is 4.09. The number of nitrogens with one attached hydrogen (secondary N) is 2. The van der Waals surface area contributed by atoms with E-state index in [0.29, 0.717) is 33.6 Å². The number of hydrazone groups is 1. The number of carbonyl (C=O) groups is 1. The molecule has 8 heteroatoms. The van der Waals surface area contributed by atoms with E-state index in [2.05, 4.69) is 20.7 Å². The fourth-order valence-corrected chi connectivity index (χ4v) is 2.65. The molecule has 28 heavy (non-hydrogen) atoms. The Labute approximate surface area is 167 Å². The highest BCUT2D eigenvalue weighted by atomic mass is 35.5. The Balaban J connectivity index is 1.72. The molecule has 2 N–H and O–H groups in total. The largest absolute Gasteiger partial charge is 0.493 e. The zero-order chi connectivity index (χ0) is 20.1. The van der Waals surface area contributed by atoms with Crippen molar-refractivity contribution in [1.29, 1.82) is 0 Å². The minimum Gasteiger partial charge on any atom is -0.493 e. The van der Waals surface area contributed by atoms with E-state index in [0.717, 1.165) is 11.1 Å². The average Bonchev–Trinajstić information content (AvgIpc) is 3.22. The monoisotopic (exact) mass is 398 g/mol. The number of H-pyrrole nitrogens is 1. The number of halogens is 1. The number of aromatic nitrogens is 2. The van der Waals surface area contributed by atoms with Crippen molar-refractivity contribution in [3.05, 3.63) is 64.8 Å². The van der Waals surface area contributed by atoms with Gasteiger partial charge in [0.1, 0.15) is 5.69 Å². The molecule has 0 saturated heterocycles. The van der Waals surface area contributed by atoms with Gasteiger partial charge in [-0.2, -0.15) is 10.2 Å². The van der Waals surface area contributed by atoms with Crippen LogP contribution in [0.4, 0.5) is 0 Å². The summed E-state index contributed by atoms with van der Waals surface area (Å²) < 4.78 is 10.5. The van der Waals surface area contributed by atoms with Crippen molar-refractivity contribution in [2.45, 2.75) is 6.92 Å². The van der Waals surface area contributed by atoms with E-state index < -0.39 is 5.91 Å². The van der Waals surface area contributed by atoms with Crippen molar-refractivity contribution in [2.24, 2.45) is 5.10 Å². The van der Waals surface area contributed by atoms with Gasteiger partial charge in [-0.1, -0.05) is 23.7 Å². The van der Waals surface area contributed by atoms with Crippen LogP contribution in [0.3, 0.4) is 0 Å². The molecule has 1 heterocycles. The lowest BCUT2D eigenvalue weighted by atomic mass is 10.1. The lowest BCUT2D eigenvalue weighted by Crippen LogP contribution is -2.19. The van der Waals surface area contributed by atoms with Crippen LogP contribution < -0.4 is 14.9 Å². The topological polar surface area (TPSA) is 88.6 Å². The average molecular weight is 399 g/mol.